The Morgan fingerprint density at radius 2 is 2.00 bits per heavy atom. The Kier molecular flexibility index (Phi) is 5.85. The molecule has 0 atom stereocenters. The van der Waals surface area contributed by atoms with Gasteiger partial charge < -0.3 is 14.8 Å². The minimum absolute atomic E-state index is 0.195. The first kappa shape index (κ1) is 16.4. The van der Waals surface area contributed by atoms with Crippen molar-refractivity contribution in [2.24, 2.45) is 0 Å². The summed E-state index contributed by atoms with van der Waals surface area (Å²) in [5, 5.41) is 4.45. The van der Waals surface area contributed by atoms with E-state index >= 15 is 0 Å². The number of amides is 1. The van der Waals surface area contributed by atoms with Crippen molar-refractivity contribution in [2.75, 3.05) is 25.3 Å². The number of benzene rings is 1. The fourth-order valence-corrected chi connectivity index (χ4v) is 3.32. The maximum absolute atomic E-state index is 12.0. The molecule has 0 saturated carbocycles. The van der Waals surface area contributed by atoms with Crippen molar-refractivity contribution >= 4 is 40.7 Å². The zero-order valence-corrected chi connectivity index (χ0v) is 13.8. The average Bonchev–Trinajstić information content (AvgIpc) is 3.00. The second kappa shape index (κ2) is 7.86. The zero-order chi connectivity index (χ0) is 15.9. The van der Waals surface area contributed by atoms with Gasteiger partial charge in [-0.3, -0.25) is 4.79 Å². The summed E-state index contributed by atoms with van der Waals surface area (Å²) in [5.74, 6) is 0.296. The molecule has 0 saturated heterocycles. The lowest BCUT2D eigenvalue weighted by atomic mass is 10.3. The Labute approximate surface area is 136 Å². The molecule has 0 radical (unpaired) electrons. The summed E-state index contributed by atoms with van der Waals surface area (Å²) >= 11 is 2.60. The molecule has 22 heavy (non-hydrogen) atoms. The number of anilines is 1. The third-order valence-electron chi connectivity index (χ3n) is 2.74. The fraction of sp³-hybridized carbons (Fsp3) is 0.200. The zero-order valence-electron chi connectivity index (χ0n) is 12.1. The van der Waals surface area contributed by atoms with Gasteiger partial charge in [-0.1, -0.05) is 12.1 Å². The van der Waals surface area contributed by atoms with E-state index in [1.807, 2.05) is 24.3 Å². The van der Waals surface area contributed by atoms with Crippen LogP contribution in [0.3, 0.4) is 0 Å². The third kappa shape index (κ3) is 4.02. The van der Waals surface area contributed by atoms with Crippen LogP contribution in [0.5, 0.6) is 5.75 Å². The van der Waals surface area contributed by atoms with Gasteiger partial charge in [0.05, 0.1) is 25.7 Å². The predicted octanol–water partition coefficient (Wildman–Crippen LogP) is 3.27. The number of hydrogen-bond donors (Lipinski definition) is 1. The lowest BCUT2D eigenvalue weighted by Crippen LogP contribution is -2.15. The normalized spacial score (nSPS) is 10.1. The molecule has 5 nitrogen and oxygen atoms in total. The molecule has 116 valence electrons. The van der Waals surface area contributed by atoms with Crippen molar-refractivity contribution < 1.29 is 19.1 Å². The van der Waals surface area contributed by atoms with Crippen LogP contribution < -0.4 is 10.1 Å². The number of hydrogen-bond acceptors (Lipinski definition) is 6. The SMILES string of the molecule is COC(=O)c1sccc1NC(=O)CSc1ccccc1OC. The summed E-state index contributed by atoms with van der Waals surface area (Å²) in [5.41, 5.74) is 0.475. The molecule has 2 rings (SSSR count). The molecule has 1 aromatic carbocycles. The first-order valence-corrected chi connectivity index (χ1v) is 8.23. The van der Waals surface area contributed by atoms with Crippen molar-refractivity contribution in [3.8, 4) is 5.75 Å². The van der Waals surface area contributed by atoms with Crippen LogP contribution in [0.4, 0.5) is 5.69 Å². The highest BCUT2D eigenvalue weighted by Crippen LogP contribution is 2.29. The number of nitrogens with one attached hydrogen (secondary N) is 1. The van der Waals surface area contributed by atoms with Crippen LogP contribution in [-0.2, 0) is 9.53 Å². The first-order valence-electron chi connectivity index (χ1n) is 6.37. The van der Waals surface area contributed by atoms with Gasteiger partial charge in [-0.15, -0.1) is 23.1 Å². The van der Waals surface area contributed by atoms with Gasteiger partial charge in [0, 0.05) is 4.90 Å². The molecule has 0 unspecified atom stereocenters. The molecule has 1 heterocycles. The Bertz CT molecular complexity index is 669. The molecule has 2 aromatic rings. The van der Waals surface area contributed by atoms with Crippen LogP contribution in [-0.4, -0.2) is 31.8 Å². The summed E-state index contributed by atoms with van der Waals surface area (Å²) in [7, 11) is 2.90. The Morgan fingerprint density at radius 1 is 1.23 bits per heavy atom. The van der Waals surface area contributed by atoms with Crippen LogP contribution in [0.15, 0.2) is 40.6 Å². The Morgan fingerprint density at radius 3 is 2.73 bits per heavy atom. The minimum Gasteiger partial charge on any atom is -0.496 e. The molecule has 0 bridgehead atoms. The van der Waals surface area contributed by atoms with Gasteiger partial charge in [0.25, 0.3) is 0 Å². The topological polar surface area (TPSA) is 64.6 Å². The highest BCUT2D eigenvalue weighted by atomic mass is 32.2. The van der Waals surface area contributed by atoms with Gasteiger partial charge >= 0.3 is 5.97 Å². The average molecular weight is 337 g/mol. The molecule has 0 aliphatic heterocycles. The summed E-state index contributed by atoms with van der Waals surface area (Å²) < 4.78 is 9.91. The molecule has 7 heteroatoms. The number of thiophene rings is 1. The smallest absolute Gasteiger partial charge is 0.350 e. The van der Waals surface area contributed by atoms with E-state index in [2.05, 4.69) is 10.1 Å². The molecule has 0 aliphatic carbocycles. The first-order chi connectivity index (χ1) is 10.7. The van der Waals surface area contributed by atoms with E-state index in [4.69, 9.17) is 4.74 Å². The predicted molar refractivity (Wildman–Crippen MR) is 88.0 cm³/mol. The summed E-state index contributed by atoms with van der Waals surface area (Å²) in [6.45, 7) is 0. The maximum Gasteiger partial charge on any atom is 0.350 e. The summed E-state index contributed by atoms with van der Waals surface area (Å²) in [6.07, 6.45) is 0. The van der Waals surface area contributed by atoms with Crippen molar-refractivity contribution in [3.05, 3.63) is 40.6 Å². The number of para-hydroxylation sites is 1. The van der Waals surface area contributed by atoms with Crippen LogP contribution in [0, 0.1) is 0 Å². The second-order valence-electron chi connectivity index (χ2n) is 4.14. The number of carbonyl (C=O) groups excluding carboxylic acids is 2. The van der Waals surface area contributed by atoms with E-state index in [-0.39, 0.29) is 11.7 Å². The van der Waals surface area contributed by atoms with Crippen LogP contribution >= 0.6 is 23.1 Å². The van der Waals surface area contributed by atoms with E-state index < -0.39 is 5.97 Å². The van der Waals surface area contributed by atoms with Gasteiger partial charge in [0.1, 0.15) is 10.6 Å². The van der Waals surface area contributed by atoms with Gasteiger partial charge in [-0.25, -0.2) is 4.79 Å². The highest BCUT2D eigenvalue weighted by Gasteiger charge is 2.15. The van der Waals surface area contributed by atoms with E-state index in [9.17, 15) is 9.59 Å². The lowest BCUT2D eigenvalue weighted by molar-refractivity contribution is -0.113. The number of thioether (sulfide) groups is 1. The summed E-state index contributed by atoms with van der Waals surface area (Å²) in [4.78, 5) is 24.9. The molecule has 1 aromatic heterocycles. The van der Waals surface area contributed by atoms with Crippen molar-refractivity contribution in [1.29, 1.82) is 0 Å². The monoisotopic (exact) mass is 337 g/mol. The highest BCUT2D eigenvalue weighted by molar-refractivity contribution is 8.00. The lowest BCUT2D eigenvalue weighted by Gasteiger charge is -2.08. The van der Waals surface area contributed by atoms with Crippen LogP contribution in [0.25, 0.3) is 0 Å². The minimum atomic E-state index is -0.456. The molecule has 0 aliphatic rings. The number of esters is 1. The number of rotatable bonds is 6. The molecule has 1 amide bonds. The van der Waals surface area contributed by atoms with E-state index in [1.54, 1.807) is 18.6 Å². The van der Waals surface area contributed by atoms with E-state index in [1.165, 1.54) is 30.2 Å². The molecule has 0 spiro atoms. The number of ether oxygens (including phenoxy) is 2. The van der Waals surface area contributed by atoms with E-state index in [0.29, 0.717) is 10.6 Å². The van der Waals surface area contributed by atoms with Crippen molar-refractivity contribution in [3.63, 3.8) is 0 Å². The number of carbonyl (C=O) groups is 2. The fourth-order valence-electron chi connectivity index (χ4n) is 1.73. The van der Waals surface area contributed by atoms with Gasteiger partial charge in [0.2, 0.25) is 5.91 Å². The second-order valence-corrected chi connectivity index (χ2v) is 6.08. The number of methoxy groups -OCH3 is 2. The molecule has 0 fully saturated rings. The Hall–Kier alpha value is -1.99. The molecular weight excluding hydrogens is 322 g/mol. The van der Waals surface area contributed by atoms with Gasteiger partial charge in [-0.05, 0) is 23.6 Å². The third-order valence-corrected chi connectivity index (χ3v) is 4.69. The Balaban J connectivity index is 1.96. The standard InChI is InChI=1S/C15H15NO4S2/c1-19-11-5-3-4-6-12(11)22-9-13(17)16-10-7-8-21-14(10)15(18)20-2/h3-8H,9H2,1-2H3,(H,16,17). The van der Waals surface area contributed by atoms with Crippen molar-refractivity contribution in [2.45, 2.75) is 4.90 Å². The van der Waals surface area contributed by atoms with Gasteiger partial charge in [-0.2, -0.15) is 0 Å². The van der Waals surface area contributed by atoms with Crippen LogP contribution in [0.1, 0.15) is 9.67 Å². The quantitative estimate of drug-likeness (QED) is 0.647. The van der Waals surface area contributed by atoms with Crippen molar-refractivity contribution in [1.82, 2.24) is 0 Å². The largest absolute Gasteiger partial charge is 0.496 e. The maximum atomic E-state index is 12.0. The van der Waals surface area contributed by atoms with E-state index in [0.717, 1.165) is 10.6 Å². The van der Waals surface area contributed by atoms with Gasteiger partial charge in [0.15, 0.2) is 0 Å². The molecule has 1 N–H and O–H groups in total. The molecular formula is C15H15NO4S2. The van der Waals surface area contributed by atoms with Crippen LogP contribution in [0.2, 0.25) is 0 Å². The summed E-state index contributed by atoms with van der Waals surface area (Å²) in [6, 6.07) is 9.17.